The third kappa shape index (κ3) is 3.67. The molecule has 150 valence electrons. The van der Waals surface area contributed by atoms with Gasteiger partial charge in [0.15, 0.2) is 0 Å². The number of hydrogen-bond acceptors (Lipinski definition) is 2. The lowest BCUT2D eigenvalue weighted by molar-refractivity contribution is -0.142. The summed E-state index contributed by atoms with van der Waals surface area (Å²) >= 11 is 0. The zero-order valence-corrected chi connectivity index (χ0v) is 17.0. The van der Waals surface area contributed by atoms with Crippen LogP contribution in [0.25, 0.3) is 10.8 Å². The van der Waals surface area contributed by atoms with E-state index in [1.807, 2.05) is 110 Å². The van der Waals surface area contributed by atoms with E-state index in [2.05, 4.69) is 4.90 Å². The summed E-state index contributed by atoms with van der Waals surface area (Å²) in [6.07, 6.45) is 0.454. The van der Waals surface area contributed by atoms with Crippen LogP contribution in [-0.2, 0) is 10.2 Å². The van der Waals surface area contributed by atoms with E-state index >= 15 is 0 Å². The molecule has 0 aliphatic carbocycles. The van der Waals surface area contributed by atoms with Crippen molar-refractivity contribution >= 4 is 22.4 Å². The van der Waals surface area contributed by atoms with Crippen molar-refractivity contribution in [3.05, 3.63) is 114 Å². The van der Waals surface area contributed by atoms with Crippen molar-refractivity contribution in [3.63, 3.8) is 0 Å². The van der Waals surface area contributed by atoms with Crippen LogP contribution >= 0.6 is 0 Å². The van der Waals surface area contributed by atoms with Gasteiger partial charge in [0, 0.05) is 19.3 Å². The highest BCUT2D eigenvalue weighted by atomic mass is 16.4. The molecule has 0 spiro atoms. The Hall–Kier alpha value is -3.59. The van der Waals surface area contributed by atoms with Crippen molar-refractivity contribution < 1.29 is 9.90 Å². The van der Waals surface area contributed by atoms with Crippen LogP contribution in [0.1, 0.15) is 17.5 Å². The predicted octanol–water partition coefficient (Wildman–Crippen LogP) is 5.74. The molecule has 3 nitrogen and oxygen atoms in total. The van der Waals surface area contributed by atoms with E-state index in [0.29, 0.717) is 13.0 Å². The molecule has 4 aromatic rings. The minimum atomic E-state index is -1.13. The molecular formula is C27H25NO2. The van der Waals surface area contributed by atoms with Crippen LogP contribution < -0.4 is 4.90 Å². The largest absolute Gasteiger partial charge is 0.480 e. The number of hydrogen-bond donors (Lipinski definition) is 1. The van der Waals surface area contributed by atoms with E-state index in [1.165, 1.54) is 0 Å². The normalized spacial score (nSPS) is 13.0. The number of fused-ring (bicyclic) bond motifs is 1. The Kier molecular flexibility index (Phi) is 5.53. The maximum atomic E-state index is 12.9. The quantitative estimate of drug-likeness (QED) is 0.434. The smallest absolute Gasteiger partial charge is 0.318 e. The van der Waals surface area contributed by atoms with E-state index in [-0.39, 0.29) is 0 Å². The fraction of sp³-hybridized carbons (Fsp3) is 0.148. The van der Waals surface area contributed by atoms with Crippen molar-refractivity contribution in [2.75, 3.05) is 18.5 Å². The Labute approximate surface area is 177 Å². The molecule has 0 aliphatic rings. The van der Waals surface area contributed by atoms with E-state index in [9.17, 15) is 9.90 Å². The average molecular weight is 396 g/mol. The van der Waals surface area contributed by atoms with E-state index in [1.54, 1.807) is 0 Å². The van der Waals surface area contributed by atoms with Gasteiger partial charge in [0.25, 0.3) is 0 Å². The molecule has 0 radical (unpaired) electrons. The lowest BCUT2D eigenvalue weighted by Crippen LogP contribution is -2.40. The van der Waals surface area contributed by atoms with Crippen molar-refractivity contribution in [2.45, 2.75) is 11.8 Å². The monoisotopic (exact) mass is 395 g/mol. The second kappa shape index (κ2) is 8.42. The fourth-order valence-corrected chi connectivity index (χ4v) is 4.13. The number of benzene rings is 4. The van der Waals surface area contributed by atoms with Crippen LogP contribution in [0.2, 0.25) is 0 Å². The number of carboxylic acid groups (broad SMARTS) is 1. The Balaban J connectivity index is 1.80. The maximum absolute atomic E-state index is 12.9. The number of carbonyl (C=O) groups is 1. The lowest BCUT2D eigenvalue weighted by Gasteiger charge is -2.33. The molecule has 3 heteroatoms. The molecular weight excluding hydrogens is 370 g/mol. The summed E-state index contributed by atoms with van der Waals surface area (Å²) in [5, 5.41) is 12.7. The predicted molar refractivity (Wildman–Crippen MR) is 123 cm³/mol. The zero-order chi connectivity index (χ0) is 21.0. The number of carboxylic acids is 1. The van der Waals surface area contributed by atoms with Crippen molar-refractivity contribution in [1.82, 2.24) is 0 Å². The number of nitrogens with zero attached hydrogens (tertiary/aromatic N) is 1. The van der Waals surface area contributed by atoms with Crippen LogP contribution in [0, 0.1) is 0 Å². The van der Waals surface area contributed by atoms with Crippen molar-refractivity contribution in [1.29, 1.82) is 0 Å². The van der Waals surface area contributed by atoms with E-state index < -0.39 is 11.4 Å². The van der Waals surface area contributed by atoms with Gasteiger partial charge in [-0.1, -0.05) is 84.9 Å². The first-order chi connectivity index (χ1) is 14.6. The lowest BCUT2D eigenvalue weighted by atomic mass is 9.71. The second-order valence-corrected chi connectivity index (χ2v) is 7.65. The summed E-state index contributed by atoms with van der Waals surface area (Å²) in [5.74, 6) is -0.828. The van der Waals surface area contributed by atoms with Crippen LogP contribution in [0.4, 0.5) is 5.69 Å². The highest BCUT2D eigenvalue weighted by Crippen LogP contribution is 2.38. The summed E-state index contributed by atoms with van der Waals surface area (Å²) in [6, 6.07) is 33.7. The van der Waals surface area contributed by atoms with Gasteiger partial charge in [-0.15, -0.1) is 0 Å². The standard InChI is InChI=1S/C27H25NO2/c1-28(25-14-6-3-7-15-25)19-18-27(26(29)30,23-12-4-2-5-13-23)24-17-16-21-10-8-9-11-22(21)20-24/h2-17,20H,18-19H2,1H3,(H,29,30). The summed E-state index contributed by atoms with van der Waals surface area (Å²) in [6.45, 7) is 0.609. The molecule has 0 fully saturated rings. The summed E-state index contributed by atoms with van der Waals surface area (Å²) < 4.78 is 0. The molecule has 0 saturated carbocycles. The van der Waals surface area contributed by atoms with Crippen molar-refractivity contribution in [2.24, 2.45) is 0 Å². The molecule has 0 aliphatic heterocycles. The SMILES string of the molecule is CN(CCC(C(=O)O)(c1ccccc1)c1ccc2ccccc2c1)c1ccccc1. The Morgan fingerprint density at radius 2 is 1.37 bits per heavy atom. The molecule has 1 N–H and O–H groups in total. The summed E-state index contributed by atoms with van der Waals surface area (Å²) in [4.78, 5) is 15.0. The first-order valence-electron chi connectivity index (χ1n) is 10.2. The highest BCUT2D eigenvalue weighted by molar-refractivity contribution is 5.90. The zero-order valence-electron chi connectivity index (χ0n) is 17.0. The maximum Gasteiger partial charge on any atom is 0.318 e. The highest BCUT2D eigenvalue weighted by Gasteiger charge is 2.42. The van der Waals surface area contributed by atoms with Gasteiger partial charge >= 0.3 is 5.97 Å². The van der Waals surface area contributed by atoms with E-state index in [0.717, 1.165) is 27.6 Å². The molecule has 0 bridgehead atoms. The summed E-state index contributed by atoms with van der Waals surface area (Å²) in [7, 11) is 2.01. The van der Waals surface area contributed by atoms with Gasteiger partial charge in [0.05, 0.1) is 0 Å². The number of anilines is 1. The molecule has 1 atom stereocenters. The topological polar surface area (TPSA) is 40.5 Å². The third-order valence-corrected chi connectivity index (χ3v) is 5.89. The Morgan fingerprint density at radius 1 is 0.767 bits per heavy atom. The first kappa shape index (κ1) is 19.7. The molecule has 4 rings (SSSR count). The Bertz CT molecular complexity index is 1140. The Morgan fingerprint density at radius 3 is 2.03 bits per heavy atom. The molecule has 0 amide bonds. The first-order valence-corrected chi connectivity index (χ1v) is 10.2. The van der Waals surface area contributed by atoms with Crippen LogP contribution in [-0.4, -0.2) is 24.7 Å². The van der Waals surface area contributed by atoms with Crippen LogP contribution in [0.3, 0.4) is 0 Å². The minimum Gasteiger partial charge on any atom is -0.480 e. The van der Waals surface area contributed by atoms with E-state index in [4.69, 9.17) is 0 Å². The van der Waals surface area contributed by atoms with Crippen LogP contribution in [0.15, 0.2) is 103 Å². The molecule has 1 unspecified atom stereocenters. The summed E-state index contributed by atoms with van der Waals surface area (Å²) in [5.41, 5.74) is 1.55. The number of para-hydroxylation sites is 1. The van der Waals surface area contributed by atoms with Gasteiger partial charge in [-0.25, -0.2) is 0 Å². The van der Waals surface area contributed by atoms with Crippen molar-refractivity contribution in [3.8, 4) is 0 Å². The van der Waals surface area contributed by atoms with Gasteiger partial charge in [-0.05, 0) is 46.5 Å². The van der Waals surface area contributed by atoms with Gasteiger partial charge in [-0.2, -0.15) is 0 Å². The number of rotatable bonds is 7. The van der Waals surface area contributed by atoms with Gasteiger partial charge in [0.2, 0.25) is 0 Å². The fourth-order valence-electron chi connectivity index (χ4n) is 4.13. The van der Waals surface area contributed by atoms with Gasteiger partial charge in [0.1, 0.15) is 5.41 Å². The van der Waals surface area contributed by atoms with Crippen LogP contribution in [0.5, 0.6) is 0 Å². The molecule has 0 aromatic heterocycles. The molecule has 4 aromatic carbocycles. The third-order valence-electron chi connectivity index (χ3n) is 5.89. The number of aliphatic carboxylic acids is 1. The van der Waals surface area contributed by atoms with Gasteiger partial charge in [-0.3, -0.25) is 4.79 Å². The molecule has 0 heterocycles. The van der Waals surface area contributed by atoms with Gasteiger partial charge < -0.3 is 10.0 Å². The average Bonchev–Trinajstić information content (AvgIpc) is 2.80. The minimum absolute atomic E-state index is 0.454. The second-order valence-electron chi connectivity index (χ2n) is 7.65. The molecule has 30 heavy (non-hydrogen) atoms. The molecule has 0 saturated heterocycles.